The molecular weight excluding hydrogens is 426 g/mol. The van der Waals surface area contributed by atoms with Gasteiger partial charge < -0.3 is 19.3 Å². The van der Waals surface area contributed by atoms with Crippen molar-refractivity contribution < 1.29 is 27.7 Å². The molecule has 2 aliphatic rings. The van der Waals surface area contributed by atoms with Crippen LogP contribution < -0.4 is 4.72 Å². The number of aliphatic hydroxyl groups is 1. The molecule has 12 heteroatoms. The van der Waals surface area contributed by atoms with Gasteiger partial charge in [0.25, 0.3) is 10.0 Å². The monoisotopic (exact) mass is 447 g/mol. The molecule has 0 aliphatic carbocycles. The number of aliphatic hydroxyl groups excluding tert-OH is 1. The van der Waals surface area contributed by atoms with E-state index >= 15 is 0 Å². The van der Waals surface area contributed by atoms with E-state index in [4.69, 9.17) is 14.2 Å². The molecule has 2 aliphatic heterocycles. The first kappa shape index (κ1) is 20.3. The van der Waals surface area contributed by atoms with Gasteiger partial charge in [0.2, 0.25) is 0 Å². The van der Waals surface area contributed by atoms with Gasteiger partial charge in [-0.1, -0.05) is 18.2 Å². The molecule has 2 fully saturated rings. The minimum Gasteiger partial charge on any atom is -0.394 e. The maximum atomic E-state index is 12.7. The number of hydrogen-bond donors (Lipinski definition) is 2. The molecule has 31 heavy (non-hydrogen) atoms. The molecule has 3 aromatic rings. The average molecular weight is 447 g/mol. The summed E-state index contributed by atoms with van der Waals surface area (Å²) < 4.78 is 47.4. The first-order chi connectivity index (χ1) is 14.8. The molecule has 2 saturated heterocycles. The summed E-state index contributed by atoms with van der Waals surface area (Å²) >= 11 is 0. The molecule has 11 nitrogen and oxygen atoms in total. The third-order valence-electron chi connectivity index (χ3n) is 5.22. The molecule has 164 valence electrons. The summed E-state index contributed by atoms with van der Waals surface area (Å²) in [5.74, 6) is -0.781. The first-order valence-electron chi connectivity index (χ1n) is 9.66. The lowest BCUT2D eigenvalue weighted by Crippen LogP contribution is -2.31. The summed E-state index contributed by atoms with van der Waals surface area (Å²) in [4.78, 5) is 12.7. The van der Waals surface area contributed by atoms with E-state index in [9.17, 15) is 13.5 Å². The molecule has 0 spiro atoms. The Kier molecular flexibility index (Phi) is 4.71. The Bertz CT molecular complexity index is 1220. The van der Waals surface area contributed by atoms with Gasteiger partial charge in [0.1, 0.15) is 24.6 Å². The molecule has 4 atom stereocenters. The van der Waals surface area contributed by atoms with Crippen LogP contribution in [0.4, 0.5) is 5.82 Å². The highest BCUT2D eigenvalue weighted by atomic mass is 32.2. The highest BCUT2D eigenvalue weighted by Gasteiger charge is 2.56. The van der Waals surface area contributed by atoms with Crippen LogP contribution in [-0.4, -0.2) is 63.7 Å². The topological polar surface area (TPSA) is 138 Å². The van der Waals surface area contributed by atoms with E-state index in [2.05, 4.69) is 19.7 Å². The van der Waals surface area contributed by atoms with Crippen molar-refractivity contribution in [2.24, 2.45) is 0 Å². The number of benzene rings is 1. The van der Waals surface area contributed by atoms with Crippen molar-refractivity contribution in [2.45, 2.75) is 49.1 Å². The largest absolute Gasteiger partial charge is 0.394 e. The number of sulfonamides is 1. The summed E-state index contributed by atoms with van der Waals surface area (Å²) in [7, 11) is -3.86. The Morgan fingerprint density at radius 2 is 1.87 bits per heavy atom. The maximum Gasteiger partial charge on any atom is 0.263 e. The van der Waals surface area contributed by atoms with Gasteiger partial charge in [-0.3, -0.25) is 9.29 Å². The van der Waals surface area contributed by atoms with E-state index in [1.807, 2.05) is 0 Å². The fourth-order valence-electron chi connectivity index (χ4n) is 3.93. The van der Waals surface area contributed by atoms with Crippen LogP contribution in [0.25, 0.3) is 11.2 Å². The average Bonchev–Trinajstić information content (AvgIpc) is 3.39. The highest BCUT2D eigenvalue weighted by molar-refractivity contribution is 7.92. The van der Waals surface area contributed by atoms with Gasteiger partial charge >= 0.3 is 0 Å². The number of rotatable bonds is 5. The van der Waals surface area contributed by atoms with Gasteiger partial charge in [-0.05, 0) is 26.0 Å². The second-order valence-electron chi connectivity index (χ2n) is 7.78. The SMILES string of the molecule is CC1(C)O[C@H]2[C@H](O1)[C@@H](CO)O[C@H]2n1cnc2c(NS(=O)(=O)c3ccccc3)ncnc21. The Morgan fingerprint density at radius 1 is 1.13 bits per heavy atom. The van der Waals surface area contributed by atoms with Crippen LogP contribution in [0, 0.1) is 0 Å². The summed E-state index contributed by atoms with van der Waals surface area (Å²) in [5, 5.41) is 9.70. The predicted molar refractivity (Wildman–Crippen MR) is 107 cm³/mol. The molecule has 2 N–H and O–H groups in total. The lowest BCUT2D eigenvalue weighted by Gasteiger charge is -2.24. The van der Waals surface area contributed by atoms with Crippen molar-refractivity contribution in [1.82, 2.24) is 19.5 Å². The summed E-state index contributed by atoms with van der Waals surface area (Å²) in [6.45, 7) is 3.35. The number of anilines is 1. The Hall–Kier alpha value is -2.64. The number of fused-ring (bicyclic) bond motifs is 2. The van der Waals surface area contributed by atoms with E-state index in [-0.39, 0.29) is 22.8 Å². The lowest BCUT2D eigenvalue weighted by molar-refractivity contribution is -0.199. The molecule has 4 heterocycles. The molecule has 1 aromatic carbocycles. The van der Waals surface area contributed by atoms with Crippen LogP contribution >= 0.6 is 0 Å². The Morgan fingerprint density at radius 3 is 2.61 bits per heavy atom. The third-order valence-corrected chi connectivity index (χ3v) is 6.58. The minimum absolute atomic E-state index is 0.0461. The first-order valence-corrected chi connectivity index (χ1v) is 11.1. The number of nitrogens with one attached hydrogen (secondary N) is 1. The number of imidazole rings is 1. The molecule has 0 bridgehead atoms. The van der Waals surface area contributed by atoms with Crippen molar-refractivity contribution >= 4 is 27.0 Å². The molecule has 0 radical (unpaired) electrons. The zero-order valence-corrected chi connectivity index (χ0v) is 17.6. The van der Waals surface area contributed by atoms with Crippen LogP contribution in [-0.2, 0) is 24.2 Å². The molecule has 0 saturated carbocycles. The molecular formula is C19H21N5O6S. The summed E-state index contributed by atoms with van der Waals surface area (Å²) in [5.41, 5.74) is 0.615. The smallest absolute Gasteiger partial charge is 0.263 e. The van der Waals surface area contributed by atoms with E-state index in [1.54, 1.807) is 36.6 Å². The fourth-order valence-corrected chi connectivity index (χ4v) is 4.97. The van der Waals surface area contributed by atoms with Crippen molar-refractivity contribution in [2.75, 3.05) is 11.3 Å². The van der Waals surface area contributed by atoms with Crippen molar-refractivity contribution in [3.63, 3.8) is 0 Å². The van der Waals surface area contributed by atoms with Crippen molar-refractivity contribution in [3.8, 4) is 0 Å². The van der Waals surface area contributed by atoms with Crippen molar-refractivity contribution in [1.29, 1.82) is 0 Å². The van der Waals surface area contributed by atoms with Gasteiger partial charge in [-0.25, -0.2) is 23.4 Å². The minimum atomic E-state index is -3.86. The standard InChI is InChI=1S/C19H21N5O6S/c1-19(2)29-14-12(8-25)28-18(15(14)30-19)24-10-22-13-16(20-9-21-17(13)24)23-31(26,27)11-6-4-3-5-7-11/h3-7,9-10,12,14-15,18,25H,8H2,1-2H3,(H,20,21,23)/t12-,14-,15+,18-/m1/s1. The van der Waals surface area contributed by atoms with E-state index < -0.39 is 40.4 Å². The third kappa shape index (κ3) is 3.46. The molecule has 0 unspecified atom stereocenters. The molecule has 5 rings (SSSR count). The van der Waals surface area contributed by atoms with E-state index in [0.29, 0.717) is 5.65 Å². The zero-order chi connectivity index (χ0) is 21.8. The number of aromatic nitrogens is 4. The molecule has 2 aromatic heterocycles. The second-order valence-corrected chi connectivity index (χ2v) is 9.46. The van der Waals surface area contributed by atoms with Crippen LogP contribution in [0.3, 0.4) is 0 Å². The summed E-state index contributed by atoms with van der Waals surface area (Å²) in [6, 6.07) is 7.97. The highest BCUT2D eigenvalue weighted by Crippen LogP contribution is 2.43. The van der Waals surface area contributed by atoms with Gasteiger partial charge in [0.15, 0.2) is 29.0 Å². The Balaban J connectivity index is 1.51. The normalized spacial score (nSPS) is 27.5. The second kappa shape index (κ2) is 7.21. The van der Waals surface area contributed by atoms with E-state index in [0.717, 1.165) is 0 Å². The van der Waals surface area contributed by atoms with Gasteiger partial charge in [-0.2, -0.15) is 0 Å². The zero-order valence-electron chi connectivity index (χ0n) is 16.7. The van der Waals surface area contributed by atoms with Crippen molar-refractivity contribution in [3.05, 3.63) is 43.0 Å². The van der Waals surface area contributed by atoms with Crippen LogP contribution in [0.2, 0.25) is 0 Å². The predicted octanol–water partition coefficient (Wildman–Crippen LogP) is 1.04. The number of ether oxygens (including phenoxy) is 3. The van der Waals surface area contributed by atoms with E-state index in [1.165, 1.54) is 24.8 Å². The van der Waals surface area contributed by atoms with Gasteiger partial charge in [-0.15, -0.1) is 0 Å². The Labute approximate surface area is 178 Å². The van der Waals surface area contributed by atoms with Crippen LogP contribution in [0.5, 0.6) is 0 Å². The maximum absolute atomic E-state index is 12.7. The van der Waals surface area contributed by atoms with Crippen LogP contribution in [0.1, 0.15) is 20.1 Å². The molecule has 0 amide bonds. The quantitative estimate of drug-likeness (QED) is 0.587. The van der Waals surface area contributed by atoms with Gasteiger partial charge in [0, 0.05) is 0 Å². The van der Waals surface area contributed by atoms with Gasteiger partial charge in [0.05, 0.1) is 17.8 Å². The number of nitrogens with zero attached hydrogens (tertiary/aromatic N) is 4. The fraction of sp³-hybridized carbons (Fsp3) is 0.421. The number of hydrogen-bond acceptors (Lipinski definition) is 9. The lowest BCUT2D eigenvalue weighted by atomic mass is 10.1. The summed E-state index contributed by atoms with van der Waals surface area (Å²) in [6.07, 6.45) is 0.532. The van der Waals surface area contributed by atoms with Crippen LogP contribution in [0.15, 0.2) is 47.9 Å².